The van der Waals surface area contributed by atoms with E-state index >= 15 is 0 Å². The molecule has 0 aliphatic carbocycles. The average molecular weight is 412 g/mol. The highest BCUT2D eigenvalue weighted by Gasteiger charge is 2.20. The summed E-state index contributed by atoms with van der Waals surface area (Å²) < 4.78 is 18.3. The maximum atomic E-state index is 6.41. The van der Waals surface area contributed by atoms with Crippen LogP contribution in [0.5, 0.6) is 11.5 Å². The van der Waals surface area contributed by atoms with Crippen LogP contribution in [-0.2, 0) is 5.75 Å². The Kier molecular flexibility index (Phi) is 4.46. The lowest BCUT2D eigenvalue weighted by Gasteiger charge is -2.10. The molecule has 0 amide bonds. The Balaban J connectivity index is 1.49. The normalized spacial score (nSPS) is 12.5. The van der Waals surface area contributed by atoms with Gasteiger partial charge in [-0.25, -0.2) is 0 Å². The molecular weight excluding hydrogens is 398 g/mol. The SMILES string of the molecule is Clc1cc2c(cc1CSc1nnc(-c3ccco3)n1-c1ccccc1)OCO2. The van der Waals surface area contributed by atoms with Gasteiger partial charge in [0.05, 0.1) is 6.26 Å². The van der Waals surface area contributed by atoms with Gasteiger partial charge in [0.2, 0.25) is 12.6 Å². The van der Waals surface area contributed by atoms with Crippen LogP contribution < -0.4 is 9.47 Å². The summed E-state index contributed by atoms with van der Waals surface area (Å²) in [6.07, 6.45) is 1.62. The lowest BCUT2D eigenvalue weighted by Crippen LogP contribution is -1.99. The fraction of sp³-hybridized carbons (Fsp3) is 0.100. The van der Waals surface area contributed by atoms with E-state index < -0.39 is 0 Å². The molecule has 0 fully saturated rings. The summed E-state index contributed by atoms with van der Waals surface area (Å²) >= 11 is 7.95. The standard InChI is InChI=1S/C20H14ClN3O3S/c21-15-10-18-17(26-12-27-18)9-13(15)11-28-20-23-22-19(16-7-4-8-25-16)24(20)14-5-2-1-3-6-14/h1-10H,11-12H2. The van der Waals surface area contributed by atoms with Crippen molar-refractivity contribution in [3.8, 4) is 28.8 Å². The first kappa shape index (κ1) is 17.2. The first-order valence-electron chi connectivity index (χ1n) is 8.55. The second-order valence-corrected chi connectivity index (χ2v) is 7.39. The van der Waals surface area contributed by atoms with E-state index in [2.05, 4.69) is 10.2 Å². The van der Waals surface area contributed by atoms with Gasteiger partial charge >= 0.3 is 0 Å². The Bertz CT molecular complexity index is 1110. The first-order chi connectivity index (χ1) is 13.8. The van der Waals surface area contributed by atoms with Crippen LogP contribution in [0.4, 0.5) is 0 Å². The fourth-order valence-electron chi connectivity index (χ4n) is 2.95. The highest BCUT2D eigenvalue weighted by Crippen LogP contribution is 2.39. The number of hydrogen-bond acceptors (Lipinski definition) is 6. The van der Waals surface area contributed by atoms with Crippen LogP contribution in [0, 0.1) is 0 Å². The van der Waals surface area contributed by atoms with Crippen LogP contribution in [0.3, 0.4) is 0 Å². The molecule has 0 spiro atoms. The number of aromatic nitrogens is 3. The summed E-state index contributed by atoms with van der Waals surface area (Å²) in [5.74, 6) is 3.30. The third-order valence-corrected chi connectivity index (χ3v) is 5.62. The van der Waals surface area contributed by atoms with Gasteiger partial charge in [0.1, 0.15) is 0 Å². The molecule has 0 N–H and O–H groups in total. The van der Waals surface area contributed by atoms with Gasteiger partial charge in [-0.3, -0.25) is 4.57 Å². The first-order valence-corrected chi connectivity index (χ1v) is 9.91. The van der Waals surface area contributed by atoms with Gasteiger partial charge < -0.3 is 13.9 Å². The van der Waals surface area contributed by atoms with Gasteiger partial charge in [0.25, 0.3) is 0 Å². The smallest absolute Gasteiger partial charge is 0.231 e. The molecule has 140 valence electrons. The average Bonchev–Trinajstić information content (AvgIpc) is 3.46. The zero-order valence-corrected chi connectivity index (χ0v) is 16.1. The number of furan rings is 1. The third kappa shape index (κ3) is 3.12. The van der Waals surface area contributed by atoms with E-state index in [1.807, 2.05) is 53.1 Å². The van der Waals surface area contributed by atoms with E-state index in [9.17, 15) is 0 Å². The largest absolute Gasteiger partial charge is 0.461 e. The molecule has 2 aromatic heterocycles. The van der Waals surface area contributed by atoms with E-state index in [4.69, 9.17) is 25.5 Å². The highest BCUT2D eigenvalue weighted by molar-refractivity contribution is 7.98. The monoisotopic (exact) mass is 411 g/mol. The van der Waals surface area contributed by atoms with Crippen molar-refractivity contribution >= 4 is 23.4 Å². The Morgan fingerprint density at radius 2 is 1.82 bits per heavy atom. The number of para-hydroxylation sites is 1. The summed E-state index contributed by atoms with van der Waals surface area (Å²) in [6.45, 7) is 0.219. The molecule has 0 unspecified atom stereocenters. The summed E-state index contributed by atoms with van der Waals surface area (Å²) in [4.78, 5) is 0. The van der Waals surface area contributed by atoms with Crippen molar-refractivity contribution in [2.45, 2.75) is 10.9 Å². The van der Waals surface area contributed by atoms with Crippen molar-refractivity contribution in [2.75, 3.05) is 6.79 Å². The zero-order valence-electron chi connectivity index (χ0n) is 14.5. The molecule has 6 nitrogen and oxygen atoms in total. The molecule has 0 atom stereocenters. The number of thioether (sulfide) groups is 1. The van der Waals surface area contributed by atoms with Crippen molar-refractivity contribution in [3.05, 3.63) is 71.4 Å². The number of ether oxygens (including phenoxy) is 2. The Labute approximate surface area is 170 Å². The maximum Gasteiger partial charge on any atom is 0.231 e. The summed E-state index contributed by atoms with van der Waals surface area (Å²) in [7, 11) is 0. The molecule has 8 heteroatoms. The molecule has 5 rings (SSSR count). The molecule has 0 bridgehead atoms. The zero-order chi connectivity index (χ0) is 18.9. The number of halogens is 1. The minimum Gasteiger partial charge on any atom is -0.461 e. The second kappa shape index (κ2) is 7.26. The van der Waals surface area contributed by atoms with Gasteiger partial charge in [0, 0.05) is 22.5 Å². The van der Waals surface area contributed by atoms with E-state index in [0.717, 1.165) is 16.4 Å². The molecule has 4 aromatic rings. The van der Waals surface area contributed by atoms with Crippen LogP contribution in [0.15, 0.2) is 70.4 Å². The van der Waals surface area contributed by atoms with Gasteiger partial charge in [-0.1, -0.05) is 41.6 Å². The molecule has 3 heterocycles. The van der Waals surface area contributed by atoms with Gasteiger partial charge in [-0.15, -0.1) is 10.2 Å². The minimum absolute atomic E-state index is 0.219. The summed E-state index contributed by atoms with van der Waals surface area (Å²) in [5.41, 5.74) is 1.90. The molecule has 2 aromatic carbocycles. The Morgan fingerprint density at radius 3 is 2.61 bits per heavy atom. The van der Waals surface area contributed by atoms with Crippen LogP contribution in [0.2, 0.25) is 5.02 Å². The van der Waals surface area contributed by atoms with Crippen LogP contribution in [0.1, 0.15) is 5.56 Å². The van der Waals surface area contributed by atoms with Gasteiger partial charge in [-0.05, 0) is 35.9 Å². The van der Waals surface area contributed by atoms with Crippen LogP contribution in [0.25, 0.3) is 17.3 Å². The molecule has 0 saturated carbocycles. The van der Waals surface area contributed by atoms with Gasteiger partial charge in [0.15, 0.2) is 22.4 Å². The van der Waals surface area contributed by atoms with Crippen LogP contribution >= 0.6 is 23.4 Å². The van der Waals surface area contributed by atoms with Crippen molar-refractivity contribution in [1.82, 2.24) is 14.8 Å². The van der Waals surface area contributed by atoms with E-state index in [-0.39, 0.29) is 6.79 Å². The lowest BCUT2D eigenvalue weighted by atomic mass is 10.2. The van der Waals surface area contributed by atoms with E-state index in [1.54, 1.807) is 12.3 Å². The molecule has 0 saturated heterocycles. The predicted molar refractivity (Wildman–Crippen MR) is 106 cm³/mol. The second-order valence-electron chi connectivity index (χ2n) is 6.04. The third-order valence-electron chi connectivity index (χ3n) is 4.29. The summed E-state index contributed by atoms with van der Waals surface area (Å²) in [5, 5.41) is 10.1. The van der Waals surface area contributed by atoms with Crippen LogP contribution in [-0.4, -0.2) is 21.6 Å². The van der Waals surface area contributed by atoms with E-state index in [1.165, 1.54) is 11.8 Å². The Hall–Kier alpha value is -2.90. The number of rotatable bonds is 5. The van der Waals surface area contributed by atoms with E-state index in [0.29, 0.717) is 33.9 Å². The molecule has 1 aliphatic heterocycles. The van der Waals surface area contributed by atoms with Crippen molar-refractivity contribution < 1.29 is 13.9 Å². The molecule has 0 radical (unpaired) electrons. The number of fused-ring (bicyclic) bond motifs is 1. The Morgan fingerprint density at radius 1 is 1.00 bits per heavy atom. The van der Waals surface area contributed by atoms with Crippen molar-refractivity contribution in [3.63, 3.8) is 0 Å². The quantitative estimate of drug-likeness (QED) is 0.420. The number of nitrogens with zero attached hydrogens (tertiary/aromatic N) is 3. The number of hydrogen-bond donors (Lipinski definition) is 0. The fourth-order valence-corrected chi connectivity index (χ4v) is 4.19. The van der Waals surface area contributed by atoms with Gasteiger partial charge in [-0.2, -0.15) is 0 Å². The van der Waals surface area contributed by atoms with Crippen molar-refractivity contribution in [2.24, 2.45) is 0 Å². The molecular formula is C20H14ClN3O3S. The highest BCUT2D eigenvalue weighted by atomic mass is 35.5. The number of benzene rings is 2. The van der Waals surface area contributed by atoms with Crippen molar-refractivity contribution in [1.29, 1.82) is 0 Å². The lowest BCUT2D eigenvalue weighted by molar-refractivity contribution is 0.174. The molecule has 28 heavy (non-hydrogen) atoms. The minimum atomic E-state index is 0.219. The predicted octanol–water partition coefficient (Wildman–Crippen LogP) is 5.20. The topological polar surface area (TPSA) is 62.3 Å². The molecule has 1 aliphatic rings. The maximum absolute atomic E-state index is 6.41. The summed E-state index contributed by atoms with van der Waals surface area (Å²) in [6, 6.07) is 17.3.